The summed E-state index contributed by atoms with van der Waals surface area (Å²) < 4.78 is 24.3. The van der Waals surface area contributed by atoms with Crippen LogP contribution in [-0.2, 0) is 18.3 Å². The van der Waals surface area contributed by atoms with Crippen molar-refractivity contribution in [3.8, 4) is 0 Å². The summed E-state index contributed by atoms with van der Waals surface area (Å²) in [5.74, 6) is 1.40. The van der Waals surface area contributed by atoms with Gasteiger partial charge in [0.05, 0.1) is 19.3 Å². The molecule has 0 amide bonds. The highest BCUT2D eigenvalue weighted by atomic mass is 28.4. The molecular formula is C41H70O6Si2. The molecule has 0 unspecified atom stereocenters. The highest BCUT2D eigenvalue weighted by Gasteiger charge is 2.54. The number of hydrogen-bond donors (Lipinski definition) is 1. The molecule has 4 aliphatic carbocycles. The third-order valence-electron chi connectivity index (χ3n) is 13.7. The van der Waals surface area contributed by atoms with Gasteiger partial charge in [-0.1, -0.05) is 91.8 Å². The van der Waals surface area contributed by atoms with Gasteiger partial charge < -0.3 is 23.4 Å². The first-order chi connectivity index (χ1) is 22.5. The van der Waals surface area contributed by atoms with E-state index in [1.54, 1.807) is 5.57 Å². The van der Waals surface area contributed by atoms with E-state index in [4.69, 9.17) is 13.6 Å². The van der Waals surface area contributed by atoms with Gasteiger partial charge in [-0.25, -0.2) is 4.79 Å². The molecule has 0 aromatic heterocycles. The highest BCUT2D eigenvalue weighted by Crippen LogP contribution is 2.60. The molecule has 0 aromatic carbocycles. The van der Waals surface area contributed by atoms with Gasteiger partial charge >= 0.3 is 6.16 Å². The number of rotatable bonds is 10. The van der Waals surface area contributed by atoms with Crippen molar-refractivity contribution in [3.05, 3.63) is 47.6 Å². The number of carbonyl (C=O) groups is 1. The van der Waals surface area contributed by atoms with Gasteiger partial charge in [-0.15, -0.1) is 0 Å². The van der Waals surface area contributed by atoms with Crippen LogP contribution in [0.25, 0.3) is 0 Å². The van der Waals surface area contributed by atoms with Gasteiger partial charge in [0.1, 0.15) is 11.7 Å². The second-order valence-electron chi connectivity index (χ2n) is 19.2. The third kappa shape index (κ3) is 8.78. The Labute approximate surface area is 301 Å². The van der Waals surface area contributed by atoms with Gasteiger partial charge in [0.2, 0.25) is 0 Å². The first-order valence-electron chi connectivity index (χ1n) is 19.0. The van der Waals surface area contributed by atoms with Crippen molar-refractivity contribution in [1.29, 1.82) is 0 Å². The maximum absolute atomic E-state index is 11.7. The lowest BCUT2D eigenvalue weighted by Crippen LogP contribution is -2.49. The first-order valence-corrected chi connectivity index (χ1v) is 24.9. The topological polar surface area (TPSA) is 74.2 Å². The summed E-state index contributed by atoms with van der Waals surface area (Å²) in [6.07, 6.45) is 16.5. The molecule has 49 heavy (non-hydrogen) atoms. The highest BCUT2D eigenvalue weighted by molar-refractivity contribution is 6.74. The Morgan fingerprint density at radius 1 is 0.959 bits per heavy atom. The number of aliphatic hydroxyl groups is 1. The molecule has 4 saturated carbocycles. The summed E-state index contributed by atoms with van der Waals surface area (Å²) in [4.78, 5) is 11.7. The summed E-state index contributed by atoms with van der Waals surface area (Å²) in [5, 5.41) is 11.2. The lowest BCUT2D eigenvalue weighted by atomic mass is 9.61. The number of ether oxygens (including phenoxy) is 2. The van der Waals surface area contributed by atoms with Crippen LogP contribution >= 0.6 is 0 Å². The van der Waals surface area contributed by atoms with Crippen LogP contribution in [0.2, 0.25) is 36.3 Å². The maximum atomic E-state index is 11.7. The fraction of sp³-hybridized carbons (Fsp3) is 0.780. The Hall–Kier alpha value is -1.46. The van der Waals surface area contributed by atoms with E-state index in [0.717, 1.165) is 24.8 Å². The number of fused-ring (bicyclic) bond motifs is 1. The molecule has 6 nitrogen and oxygen atoms in total. The summed E-state index contributed by atoms with van der Waals surface area (Å²) in [7, 11) is -2.68. The van der Waals surface area contributed by atoms with Crippen LogP contribution < -0.4 is 0 Å². The summed E-state index contributed by atoms with van der Waals surface area (Å²) in [5.41, 5.74) is 3.39. The van der Waals surface area contributed by atoms with Crippen LogP contribution in [0.4, 0.5) is 4.79 Å². The second kappa shape index (κ2) is 14.5. The van der Waals surface area contributed by atoms with E-state index in [0.29, 0.717) is 30.6 Å². The smallest absolute Gasteiger partial charge is 0.438 e. The molecular weight excluding hydrogens is 645 g/mol. The van der Waals surface area contributed by atoms with E-state index in [-0.39, 0.29) is 27.7 Å². The Balaban J connectivity index is 1.54. The van der Waals surface area contributed by atoms with E-state index < -0.39 is 34.5 Å². The molecule has 7 atom stereocenters. The van der Waals surface area contributed by atoms with Crippen LogP contribution in [0.1, 0.15) is 113 Å². The fourth-order valence-electron chi connectivity index (χ4n) is 8.29. The molecule has 278 valence electrons. The zero-order chi connectivity index (χ0) is 36.8. The number of carbonyl (C=O) groups excluding carboxylic acids is 1. The minimum Gasteiger partial charge on any atom is -0.438 e. The predicted molar refractivity (Wildman–Crippen MR) is 207 cm³/mol. The molecule has 0 saturated heterocycles. The van der Waals surface area contributed by atoms with Gasteiger partial charge in [-0.2, -0.15) is 0 Å². The molecule has 0 radical (unpaired) electrons. The number of hydrogen-bond acceptors (Lipinski definition) is 6. The fourth-order valence-corrected chi connectivity index (χ4v) is 11.0. The minimum atomic E-state index is -2.02. The average molecular weight is 715 g/mol. The van der Waals surface area contributed by atoms with E-state index in [2.05, 4.69) is 111 Å². The third-order valence-corrected chi connectivity index (χ3v) is 22.8. The van der Waals surface area contributed by atoms with E-state index in [1.165, 1.54) is 38.4 Å². The normalized spacial score (nSPS) is 32.3. The second-order valence-corrected chi connectivity index (χ2v) is 28.7. The predicted octanol–water partition coefficient (Wildman–Crippen LogP) is 11.1. The molecule has 1 N–H and O–H groups in total. The molecule has 4 rings (SSSR count). The molecule has 0 heterocycles. The maximum Gasteiger partial charge on any atom is 0.508 e. The Kier molecular flexibility index (Phi) is 11.9. The first kappa shape index (κ1) is 40.3. The lowest BCUT2D eigenvalue weighted by molar-refractivity contribution is -0.0245. The van der Waals surface area contributed by atoms with E-state index >= 15 is 0 Å². The van der Waals surface area contributed by atoms with E-state index in [9.17, 15) is 9.90 Å². The van der Waals surface area contributed by atoms with Crippen molar-refractivity contribution in [2.75, 3.05) is 7.11 Å². The van der Waals surface area contributed by atoms with Crippen LogP contribution in [0.3, 0.4) is 0 Å². The number of aliphatic hydroxyl groups excluding tert-OH is 1. The van der Waals surface area contributed by atoms with Crippen molar-refractivity contribution >= 4 is 22.8 Å². The molecule has 0 aromatic rings. The van der Waals surface area contributed by atoms with Gasteiger partial charge in [-0.3, -0.25) is 0 Å². The monoisotopic (exact) mass is 714 g/mol. The Morgan fingerprint density at radius 2 is 1.57 bits per heavy atom. The van der Waals surface area contributed by atoms with Crippen molar-refractivity contribution in [1.82, 2.24) is 0 Å². The molecule has 0 spiro atoms. The zero-order valence-corrected chi connectivity index (χ0v) is 35.3. The molecule has 8 heteroatoms. The number of allylic oxidation sites excluding steroid dienone is 4. The van der Waals surface area contributed by atoms with Gasteiger partial charge in [0, 0.05) is 6.42 Å². The number of methoxy groups -OCH3 is 1. The van der Waals surface area contributed by atoms with Crippen molar-refractivity contribution in [2.24, 2.45) is 23.2 Å². The quantitative estimate of drug-likeness (QED) is 0.138. The molecule has 4 aliphatic rings. The van der Waals surface area contributed by atoms with E-state index in [1.807, 2.05) is 6.08 Å². The minimum absolute atomic E-state index is 0.0164. The lowest BCUT2D eigenvalue weighted by Gasteiger charge is -2.45. The molecule has 4 fully saturated rings. The van der Waals surface area contributed by atoms with Crippen LogP contribution in [0.5, 0.6) is 0 Å². The summed E-state index contributed by atoms with van der Waals surface area (Å²) in [6, 6.07) is 0. The van der Waals surface area contributed by atoms with Gasteiger partial charge in [0.25, 0.3) is 0 Å². The molecule has 0 bridgehead atoms. The summed E-state index contributed by atoms with van der Waals surface area (Å²) in [6.45, 7) is 32.8. The van der Waals surface area contributed by atoms with Gasteiger partial charge in [0.15, 0.2) is 16.6 Å². The zero-order valence-electron chi connectivity index (χ0n) is 33.3. The summed E-state index contributed by atoms with van der Waals surface area (Å²) >= 11 is 0. The van der Waals surface area contributed by atoms with Crippen LogP contribution in [0.15, 0.2) is 47.6 Å². The van der Waals surface area contributed by atoms with Crippen molar-refractivity contribution in [2.45, 2.75) is 173 Å². The average Bonchev–Trinajstić information content (AvgIpc) is 3.67. The Bertz CT molecular complexity index is 1310. The largest absolute Gasteiger partial charge is 0.508 e. The Morgan fingerprint density at radius 3 is 2.14 bits per heavy atom. The van der Waals surface area contributed by atoms with Crippen LogP contribution in [0, 0.1) is 23.2 Å². The van der Waals surface area contributed by atoms with Gasteiger partial charge in [-0.05, 0) is 122 Å². The van der Waals surface area contributed by atoms with Crippen molar-refractivity contribution in [3.63, 3.8) is 0 Å². The standard InChI is InChI=1S/C41H70O6Si2/c1-28(17-22-36(42)41(24-25-41)45-37(43)44-10)33-20-21-34-30(16-15-23-40(33,34)9)18-19-31-26-32(46-48(11,12)38(3,4)5)27-35(29(31)2)47-49(13,14)39(6,7)8/h17-19,22,28,32-36,42H,2,15-16,20-21,23-27H2,1,3-14H3/b22-17+,30-18+,31-19+/t28-,32-,33-,34+,35+,36+,40-/m1/s1. The van der Waals surface area contributed by atoms with Crippen molar-refractivity contribution < 1.29 is 28.2 Å². The molecule has 0 aliphatic heterocycles. The SMILES string of the molecule is C=C1/C(=C/C=C2\CCC[C@]3(C)[C@@H]([C@H](C)/C=C/[C@H](O)C4(OC(=O)OC)CC4)CC[C@@H]23)C[C@@H](O[Si](C)(C)C(C)(C)C)C[C@@H]1O[Si](C)(C)C(C)(C)C. The van der Waals surface area contributed by atoms with Crippen LogP contribution in [-0.4, -0.2) is 58.9 Å².